The van der Waals surface area contributed by atoms with Crippen molar-refractivity contribution in [2.75, 3.05) is 5.73 Å². The number of anilines is 1. The zero-order valence-corrected chi connectivity index (χ0v) is 11.3. The first-order chi connectivity index (χ1) is 10.5. The van der Waals surface area contributed by atoms with Gasteiger partial charge in [-0.2, -0.15) is 5.26 Å². The summed E-state index contributed by atoms with van der Waals surface area (Å²) in [5.74, 6) is -3.06. The van der Waals surface area contributed by atoms with Crippen LogP contribution in [0.2, 0.25) is 0 Å². The largest absolute Gasteiger partial charge is 0.442 e. The van der Waals surface area contributed by atoms with Gasteiger partial charge in [0.25, 0.3) is 0 Å². The fraction of sp³-hybridized carbons (Fsp3) is 0.125. The molecule has 1 heterocycles. The molecule has 0 spiro atoms. The van der Waals surface area contributed by atoms with Crippen molar-refractivity contribution in [3.8, 4) is 11.8 Å². The SMILES string of the molecule is N#CC1C(=N)Oc2cc(N)ccc2C1c1cc(F)cc(F)c1. The summed E-state index contributed by atoms with van der Waals surface area (Å²) >= 11 is 0. The highest BCUT2D eigenvalue weighted by Gasteiger charge is 2.37. The third kappa shape index (κ3) is 2.27. The fourth-order valence-electron chi connectivity index (χ4n) is 2.67. The Morgan fingerprint density at radius 1 is 1.14 bits per heavy atom. The molecular weight excluding hydrogens is 288 g/mol. The van der Waals surface area contributed by atoms with Gasteiger partial charge in [0.15, 0.2) is 0 Å². The Balaban J connectivity index is 2.22. The number of benzene rings is 2. The van der Waals surface area contributed by atoms with Crippen LogP contribution in [0.5, 0.6) is 5.75 Å². The molecule has 4 nitrogen and oxygen atoms in total. The lowest BCUT2D eigenvalue weighted by Gasteiger charge is -2.30. The number of nitrogen functional groups attached to an aromatic ring is 1. The van der Waals surface area contributed by atoms with Crippen molar-refractivity contribution < 1.29 is 13.5 Å². The molecule has 2 aromatic rings. The summed E-state index contributed by atoms with van der Waals surface area (Å²) in [4.78, 5) is 0. The van der Waals surface area contributed by atoms with Crippen molar-refractivity contribution in [3.05, 3.63) is 59.2 Å². The van der Waals surface area contributed by atoms with E-state index in [0.717, 1.165) is 18.2 Å². The molecule has 0 amide bonds. The van der Waals surface area contributed by atoms with Crippen LogP contribution in [0.25, 0.3) is 0 Å². The van der Waals surface area contributed by atoms with E-state index in [-0.39, 0.29) is 11.5 Å². The van der Waals surface area contributed by atoms with E-state index in [2.05, 4.69) is 0 Å². The van der Waals surface area contributed by atoms with E-state index in [1.165, 1.54) is 6.07 Å². The third-order valence-electron chi connectivity index (χ3n) is 3.59. The molecular formula is C16H11F2N3O. The van der Waals surface area contributed by atoms with E-state index in [0.29, 0.717) is 17.0 Å². The van der Waals surface area contributed by atoms with E-state index >= 15 is 0 Å². The summed E-state index contributed by atoms with van der Waals surface area (Å²) in [6.45, 7) is 0. The second-order valence-corrected chi connectivity index (χ2v) is 5.05. The number of rotatable bonds is 1. The Morgan fingerprint density at radius 2 is 1.82 bits per heavy atom. The van der Waals surface area contributed by atoms with Gasteiger partial charge in [0.2, 0.25) is 5.90 Å². The Labute approximate surface area is 125 Å². The number of nitriles is 1. The topological polar surface area (TPSA) is 82.9 Å². The van der Waals surface area contributed by atoms with Gasteiger partial charge < -0.3 is 10.5 Å². The van der Waals surface area contributed by atoms with Gasteiger partial charge in [-0.1, -0.05) is 6.07 Å². The standard InChI is InChI=1S/C16H11F2N3O/c17-9-3-8(4-10(18)5-9)15-12-2-1-11(20)6-14(12)22-16(21)13(15)7-19/h1-6,13,15,21H,20H2. The zero-order chi connectivity index (χ0) is 15.9. The summed E-state index contributed by atoms with van der Waals surface area (Å²) in [5, 5.41) is 17.2. The number of nitrogens with one attached hydrogen (secondary N) is 1. The maximum Gasteiger partial charge on any atom is 0.205 e. The van der Waals surface area contributed by atoms with Crippen LogP contribution in [0, 0.1) is 34.3 Å². The molecule has 0 fully saturated rings. The second-order valence-electron chi connectivity index (χ2n) is 5.05. The Bertz CT molecular complexity index is 793. The predicted molar refractivity (Wildman–Crippen MR) is 76.5 cm³/mol. The highest BCUT2D eigenvalue weighted by atomic mass is 19.1. The van der Waals surface area contributed by atoms with E-state index in [1.54, 1.807) is 12.1 Å². The normalized spacial score (nSPS) is 20.0. The minimum absolute atomic E-state index is 0.268. The molecule has 22 heavy (non-hydrogen) atoms. The lowest BCUT2D eigenvalue weighted by Crippen LogP contribution is -2.31. The van der Waals surface area contributed by atoms with Gasteiger partial charge in [-0.15, -0.1) is 0 Å². The molecule has 0 radical (unpaired) electrons. The number of ether oxygens (including phenoxy) is 1. The number of nitrogens with zero attached hydrogens (tertiary/aromatic N) is 1. The highest BCUT2D eigenvalue weighted by molar-refractivity contribution is 5.85. The van der Waals surface area contributed by atoms with Crippen molar-refractivity contribution in [1.29, 1.82) is 10.7 Å². The number of nitrogens with two attached hydrogens (primary N) is 1. The summed E-state index contributed by atoms with van der Waals surface area (Å²) in [7, 11) is 0. The van der Waals surface area contributed by atoms with Gasteiger partial charge in [0.05, 0.1) is 6.07 Å². The molecule has 1 aliphatic heterocycles. The molecule has 110 valence electrons. The maximum absolute atomic E-state index is 13.5. The van der Waals surface area contributed by atoms with Crippen molar-refractivity contribution >= 4 is 11.6 Å². The Kier molecular flexibility index (Phi) is 3.26. The molecule has 3 rings (SSSR count). The van der Waals surface area contributed by atoms with Crippen molar-refractivity contribution in [1.82, 2.24) is 0 Å². The maximum atomic E-state index is 13.5. The van der Waals surface area contributed by atoms with E-state index in [1.807, 2.05) is 6.07 Å². The summed E-state index contributed by atoms with van der Waals surface area (Å²) < 4.78 is 32.4. The molecule has 3 N–H and O–H groups in total. The van der Waals surface area contributed by atoms with E-state index in [4.69, 9.17) is 15.9 Å². The van der Waals surface area contributed by atoms with Gasteiger partial charge in [-0.3, -0.25) is 5.41 Å². The predicted octanol–water partition coefficient (Wildman–Crippen LogP) is 3.19. The minimum atomic E-state index is -0.961. The van der Waals surface area contributed by atoms with Gasteiger partial charge in [-0.25, -0.2) is 8.78 Å². The van der Waals surface area contributed by atoms with Gasteiger partial charge in [0.1, 0.15) is 23.3 Å². The summed E-state index contributed by atoms with van der Waals surface area (Å²) in [6, 6.07) is 9.86. The van der Waals surface area contributed by atoms with Crippen LogP contribution in [0.15, 0.2) is 36.4 Å². The third-order valence-corrected chi connectivity index (χ3v) is 3.59. The first-order valence-electron chi connectivity index (χ1n) is 6.51. The molecule has 1 aliphatic rings. The van der Waals surface area contributed by atoms with Crippen LogP contribution < -0.4 is 10.5 Å². The fourth-order valence-corrected chi connectivity index (χ4v) is 2.67. The quantitative estimate of drug-likeness (QED) is 0.793. The average Bonchev–Trinajstić information content (AvgIpc) is 2.44. The van der Waals surface area contributed by atoms with Crippen molar-refractivity contribution in [3.63, 3.8) is 0 Å². The monoisotopic (exact) mass is 299 g/mol. The van der Waals surface area contributed by atoms with Gasteiger partial charge in [-0.05, 0) is 23.8 Å². The summed E-state index contributed by atoms with van der Waals surface area (Å²) in [6.07, 6.45) is 0. The lowest BCUT2D eigenvalue weighted by molar-refractivity contribution is 0.449. The average molecular weight is 299 g/mol. The minimum Gasteiger partial charge on any atom is -0.442 e. The van der Waals surface area contributed by atoms with Gasteiger partial charge >= 0.3 is 0 Å². The second kappa shape index (κ2) is 5.11. The molecule has 0 bridgehead atoms. The molecule has 0 saturated heterocycles. The Morgan fingerprint density at radius 3 is 2.45 bits per heavy atom. The number of halogens is 2. The smallest absolute Gasteiger partial charge is 0.205 e. The number of fused-ring (bicyclic) bond motifs is 1. The summed E-state index contributed by atoms with van der Waals surface area (Å²) in [5.41, 5.74) is 6.98. The van der Waals surface area contributed by atoms with Crippen molar-refractivity contribution in [2.24, 2.45) is 5.92 Å². The molecule has 0 aliphatic carbocycles. The van der Waals surface area contributed by atoms with E-state index in [9.17, 15) is 14.0 Å². The zero-order valence-electron chi connectivity index (χ0n) is 11.3. The molecule has 2 aromatic carbocycles. The molecule has 2 unspecified atom stereocenters. The van der Waals surface area contributed by atoms with Crippen LogP contribution in [0.4, 0.5) is 14.5 Å². The molecule has 2 atom stereocenters. The Hall–Kier alpha value is -2.94. The first-order valence-corrected chi connectivity index (χ1v) is 6.51. The van der Waals surface area contributed by atoms with Crippen LogP contribution >= 0.6 is 0 Å². The molecule has 6 heteroatoms. The first kappa shape index (κ1) is 14.0. The van der Waals surface area contributed by atoms with Crippen LogP contribution in [0.3, 0.4) is 0 Å². The van der Waals surface area contributed by atoms with Crippen LogP contribution in [0.1, 0.15) is 17.0 Å². The number of hydrogen-bond acceptors (Lipinski definition) is 4. The molecule has 0 saturated carbocycles. The number of hydrogen-bond donors (Lipinski definition) is 2. The highest BCUT2D eigenvalue weighted by Crippen LogP contribution is 2.43. The van der Waals surface area contributed by atoms with Crippen molar-refractivity contribution in [2.45, 2.75) is 5.92 Å². The van der Waals surface area contributed by atoms with E-state index < -0.39 is 23.5 Å². The lowest BCUT2D eigenvalue weighted by atomic mass is 9.79. The van der Waals surface area contributed by atoms with Crippen LogP contribution in [-0.4, -0.2) is 5.90 Å². The molecule has 0 aromatic heterocycles. The van der Waals surface area contributed by atoms with Crippen LogP contribution in [-0.2, 0) is 0 Å². The van der Waals surface area contributed by atoms with Gasteiger partial charge in [0, 0.05) is 29.3 Å².